The molecule has 0 aromatic heterocycles. The SMILES string of the molecule is Cc1cccc(C(N)c2cccc(Cl)c2)c1F. The molecular formula is C14H13ClFN. The number of hydrogen-bond donors (Lipinski definition) is 1. The number of halogens is 2. The first-order chi connectivity index (χ1) is 8.09. The summed E-state index contributed by atoms with van der Waals surface area (Å²) in [4.78, 5) is 0. The van der Waals surface area contributed by atoms with Gasteiger partial charge < -0.3 is 5.73 Å². The molecule has 1 nitrogen and oxygen atoms in total. The highest BCUT2D eigenvalue weighted by Gasteiger charge is 2.14. The van der Waals surface area contributed by atoms with E-state index in [-0.39, 0.29) is 5.82 Å². The number of aryl methyl sites for hydroxylation is 1. The summed E-state index contributed by atoms with van der Waals surface area (Å²) in [6, 6.07) is 11.9. The Bertz CT molecular complexity index is 539. The van der Waals surface area contributed by atoms with E-state index in [0.717, 1.165) is 5.56 Å². The Morgan fingerprint density at radius 1 is 1.18 bits per heavy atom. The Morgan fingerprint density at radius 2 is 1.88 bits per heavy atom. The molecule has 0 saturated heterocycles. The van der Waals surface area contributed by atoms with Crippen molar-refractivity contribution in [2.45, 2.75) is 13.0 Å². The first kappa shape index (κ1) is 12.1. The normalized spacial score (nSPS) is 12.5. The average molecular weight is 250 g/mol. The van der Waals surface area contributed by atoms with Gasteiger partial charge in [-0.15, -0.1) is 0 Å². The van der Waals surface area contributed by atoms with Crippen LogP contribution in [0.1, 0.15) is 22.7 Å². The lowest BCUT2D eigenvalue weighted by Crippen LogP contribution is -2.14. The highest BCUT2D eigenvalue weighted by molar-refractivity contribution is 6.30. The highest BCUT2D eigenvalue weighted by atomic mass is 35.5. The quantitative estimate of drug-likeness (QED) is 0.860. The van der Waals surface area contributed by atoms with Gasteiger partial charge >= 0.3 is 0 Å². The monoisotopic (exact) mass is 249 g/mol. The number of rotatable bonds is 2. The minimum atomic E-state index is -0.492. The zero-order valence-electron chi connectivity index (χ0n) is 9.45. The zero-order valence-corrected chi connectivity index (χ0v) is 10.2. The number of benzene rings is 2. The molecule has 0 saturated carbocycles. The summed E-state index contributed by atoms with van der Waals surface area (Å²) in [7, 11) is 0. The van der Waals surface area contributed by atoms with Crippen LogP contribution in [0.5, 0.6) is 0 Å². The van der Waals surface area contributed by atoms with Crippen molar-refractivity contribution >= 4 is 11.6 Å². The molecule has 0 aliphatic carbocycles. The predicted octanol–water partition coefficient (Wildman–Crippen LogP) is 3.84. The minimum absolute atomic E-state index is 0.250. The molecule has 0 aliphatic rings. The fraction of sp³-hybridized carbons (Fsp3) is 0.143. The van der Waals surface area contributed by atoms with Crippen molar-refractivity contribution in [3.63, 3.8) is 0 Å². The fourth-order valence-corrected chi connectivity index (χ4v) is 1.99. The van der Waals surface area contributed by atoms with Gasteiger partial charge in [0, 0.05) is 10.6 Å². The van der Waals surface area contributed by atoms with Gasteiger partial charge in [0.1, 0.15) is 5.82 Å². The molecular weight excluding hydrogens is 237 g/mol. The molecule has 88 valence electrons. The molecule has 17 heavy (non-hydrogen) atoms. The van der Waals surface area contributed by atoms with Gasteiger partial charge in [-0.1, -0.05) is 41.9 Å². The Balaban J connectivity index is 2.44. The largest absolute Gasteiger partial charge is 0.320 e. The van der Waals surface area contributed by atoms with E-state index in [4.69, 9.17) is 17.3 Å². The molecule has 0 radical (unpaired) electrons. The van der Waals surface area contributed by atoms with Crippen molar-refractivity contribution in [2.75, 3.05) is 0 Å². The van der Waals surface area contributed by atoms with E-state index in [1.54, 1.807) is 37.3 Å². The molecule has 0 bridgehead atoms. The molecule has 1 atom stereocenters. The Kier molecular flexibility index (Phi) is 3.46. The third-order valence-electron chi connectivity index (χ3n) is 2.76. The van der Waals surface area contributed by atoms with Gasteiger partial charge in [-0.05, 0) is 30.2 Å². The second-order valence-corrected chi connectivity index (χ2v) is 4.45. The zero-order chi connectivity index (χ0) is 12.4. The van der Waals surface area contributed by atoms with Crippen molar-refractivity contribution in [1.82, 2.24) is 0 Å². The van der Waals surface area contributed by atoms with Crippen LogP contribution in [0.2, 0.25) is 5.02 Å². The van der Waals surface area contributed by atoms with Gasteiger partial charge in [-0.2, -0.15) is 0 Å². The van der Waals surface area contributed by atoms with Gasteiger partial charge in [-0.25, -0.2) is 4.39 Å². The third-order valence-corrected chi connectivity index (χ3v) is 3.00. The smallest absolute Gasteiger partial charge is 0.131 e. The van der Waals surface area contributed by atoms with Gasteiger partial charge in [0.2, 0.25) is 0 Å². The van der Waals surface area contributed by atoms with Gasteiger partial charge in [0.05, 0.1) is 6.04 Å². The van der Waals surface area contributed by atoms with Crippen LogP contribution in [0.15, 0.2) is 42.5 Å². The second kappa shape index (κ2) is 4.86. The maximum Gasteiger partial charge on any atom is 0.131 e. The Labute approximate surface area is 105 Å². The van der Waals surface area contributed by atoms with Crippen molar-refractivity contribution in [1.29, 1.82) is 0 Å². The van der Waals surface area contributed by atoms with Crippen molar-refractivity contribution in [3.8, 4) is 0 Å². The average Bonchev–Trinajstić information content (AvgIpc) is 2.32. The van der Waals surface area contributed by atoms with Crippen LogP contribution in [0.4, 0.5) is 4.39 Å². The number of nitrogens with two attached hydrogens (primary N) is 1. The lowest BCUT2D eigenvalue weighted by Gasteiger charge is -2.14. The molecule has 0 heterocycles. The van der Waals surface area contributed by atoms with Crippen molar-refractivity contribution < 1.29 is 4.39 Å². The summed E-state index contributed by atoms with van der Waals surface area (Å²) in [5.74, 6) is -0.250. The molecule has 2 aromatic carbocycles. The first-order valence-electron chi connectivity index (χ1n) is 5.35. The Hall–Kier alpha value is -1.38. The van der Waals surface area contributed by atoms with Crippen LogP contribution in [-0.4, -0.2) is 0 Å². The number of hydrogen-bond acceptors (Lipinski definition) is 1. The lowest BCUT2D eigenvalue weighted by atomic mass is 9.97. The first-order valence-corrected chi connectivity index (χ1v) is 5.73. The summed E-state index contributed by atoms with van der Waals surface area (Å²) in [5.41, 5.74) is 7.95. The molecule has 3 heteroatoms. The molecule has 0 spiro atoms. The summed E-state index contributed by atoms with van der Waals surface area (Å²) >= 11 is 5.90. The topological polar surface area (TPSA) is 26.0 Å². The Morgan fingerprint density at radius 3 is 2.59 bits per heavy atom. The van der Waals surface area contributed by atoms with Gasteiger partial charge in [-0.3, -0.25) is 0 Å². The van der Waals surface area contributed by atoms with Gasteiger partial charge in [0.15, 0.2) is 0 Å². The fourth-order valence-electron chi connectivity index (χ4n) is 1.79. The predicted molar refractivity (Wildman–Crippen MR) is 68.6 cm³/mol. The molecule has 0 amide bonds. The third kappa shape index (κ3) is 2.48. The molecule has 2 N–H and O–H groups in total. The van der Waals surface area contributed by atoms with E-state index in [1.165, 1.54) is 0 Å². The minimum Gasteiger partial charge on any atom is -0.320 e. The van der Waals surface area contributed by atoms with E-state index in [2.05, 4.69) is 0 Å². The van der Waals surface area contributed by atoms with Crippen LogP contribution in [0, 0.1) is 12.7 Å². The van der Waals surface area contributed by atoms with E-state index in [9.17, 15) is 4.39 Å². The van der Waals surface area contributed by atoms with E-state index >= 15 is 0 Å². The summed E-state index contributed by atoms with van der Waals surface area (Å²) < 4.78 is 13.9. The van der Waals surface area contributed by atoms with Crippen LogP contribution < -0.4 is 5.73 Å². The molecule has 0 fully saturated rings. The van der Waals surface area contributed by atoms with Crippen LogP contribution >= 0.6 is 11.6 Å². The molecule has 0 aliphatic heterocycles. The summed E-state index contributed by atoms with van der Waals surface area (Å²) in [5, 5.41) is 0.603. The van der Waals surface area contributed by atoms with Crippen LogP contribution in [0.3, 0.4) is 0 Å². The summed E-state index contributed by atoms with van der Waals surface area (Å²) in [6.07, 6.45) is 0. The standard InChI is InChI=1S/C14H13ClFN/c1-9-4-2-7-12(13(9)16)14(17)10-5-3-6-11(15)8-10/h2-8,14H,17H2,1H3. The lowest BCUT2D eigenvalue weighted by molar-refractivity contribution is 0.591. The highest BCUT2D eigenvalue weighted by Crippen LogP contribution is 2.25. The molecule has 2 aromatic rings. The molecule has 2 rings (SSSR count). The maximum atomic E-state index is 13.9. The van der Waals surface area contributed by atoms with E-state index < -0.39 is 6.04 Å². The van der Waals surface area contributed by atoms with Crippen molar-refractivity contribution in [3.05, 3.63) is 70.0 Å². The van der Waals surface area contributed by atoms with E-state index in [0.29, 0.717) is 16.1 Å². The maximum absolute atomic E-state index is 13.9. The van der Waals surface area contributed by atoms with Crippen molar-refractivity contribution in [2.24, 2.45) is 5.73 Å². The van der Waals surface area contributed by atoms with Crippen LogP contribution in [-0.2, 0) is 0 Å². The van der Waals surface area contributed by atoms with E-state index in [1.807, 2.05) is 12.1 Å². The summed E-state index contributed by atoms with van der Waals surface area (Å²) in [6.45, 7) is 1.73. The molecule has 1 unspecified atom stereocenters. The van der Waals surface area contributed by atoms with Crippen LogP contribution in [0.25, 0.3) is 0 Å². The van der Waals surface area contributed by atoms with Gasteiger partial charge in [0.25, 0.3) is 0 Å². The second-order valence-electron chi connectivity index (χ2n) is 4.01.